The average Bonchev–Trinajstić information content (AvgIpc) is 2.91. The Morgan fingerprint density at radius 1 is 1.11 bits per heavy atom. The molecule has 2 heterocycles. The van der Waals surface area contributed by atoms with Crippen molar-refractivity contribution in [1.29, 1.82) is 0 Å². The first-order chi connectivity index (χ1) is 9.06. The molecule has 0 fully saturated rings. The van der Waals surface area contributed by atoms with Crippen LogP contribution in [-0.2, 0) is 0 Å². The highest BCUT2D eigenvalue weighted by atomic mass is 35.5. The molecule has 0 spiro atoms. The molecule has 0 saturated carbocycles. The summed E-state index contributed by atoms with van der Waals surface area (Å²) < 4.78 is 0.898. The minimum atomic E-state index is -0.151. The van der Waals surface area contributed by atoms with Crippen molar-refractivity contribution >= 4 is 62.8 Å². The summed E-state index contributed by atoms with van der Waals surface area (Å²) in [5.41, 5.74) is 1.80. The maximum Gasteiger partial charge on any atom is 0.197 e. The molecule has 2 nitrogen and oxygen atoms in total. The first-order valence-corrected chi connectivity index (χ1v) is 7.27. The number of nitrogens with one attached hydrogen (secondary N) is 1. The quantitative estimate of drug-likeness (QED) is 0.625. The lowest BCUT2D eigenvalue weighted by Crippen LogP contribution is -1.98. The number of fused-ring (bicyclic) bond motifs is 1. The van der Waals surface area contributed by atoms with Crippen molar-refractivity contribution in [2.24, 2.45) is 0 Å². The number of rotatable bonds is 2. The predicted molar refractivity (Wildman–Crippen MR) is 81.1 cm³/mol. The van der Waals surface area contributed by atoms with Gasteiger partial charge in [0.15, 0.2) is 5.78 Å². The van der Waals surface area contributed by atoms with Gasteiger partial charge in [0.1, 0.15) is 4.34 Å². The summed E-state index contributed by atoms with van der Waals surface area (Å²) in [6, 6.07) is 6.92. The lowest BCUT2D eigenvalue weighted by atomic mass is 10.1. The Kier molecular flexibility index (Phi) is 3.31. The summed E-state index contributed by atoms with van der Waals surface area (Å²) in [4.78, 5) is 15.5. The van der Waals surface area contributed by atoms with Gasteiger partial charge in [-0.3, -0.25) is 4.79 Å². The van der Waals surface area contributed by atoms with Gasteiger partial charge >= 0.3 is 0 Å². The second-order valence-electron chi connectivity index (χ2n) is 3.96. The van der Waals surface area contributed by atoms with E-state index in [9.17, 15) is 4.79 Å². The Labute approximate surface area is 127 Å². The molecule has 1 aromatic carbocycles. The molecule has 96 valence electrons. The van der Waals surface area contributed by atoms with Gasteiger partial charge in [0.25, 0.3) is 0 Å². The van der Waals surface area contributed by atoms with Gasteiger partial charge in [-0.2, -0.15) is 0 Å². The number of halogens is 3. The van der Waals surface area contributed by atoms with Crippen LogP contribution in [0, 0.1) is 0 Å². The van der Waals surface area contributed by atoms with E-state index in [0.29, 0.717) is 24.8 Å². The third-order valence-corrected chi connectivity index (χ3v) is 4.51. The highest BCUT2D eigenvalue weighted by Crippen LogP contribution is 2.34. The largest absolute Gasteiger partial charge is 0.360 e. The fourth-order valence-electron chi connectivity index (χ4n) is 1.93. The van der Waals surface area contributed by atoms with Gasteiger partial charge in [-0.1, -0.05) is 40.9 Å². The number of aromatic nitrogens is 1. The molecule has 0 unspecified atom stereocenters. The van der Waals surface area contributed by atoms with Gasteiger partial charge in [0, 0.05) is 27.7 Å². The fraction of sp³-hybridized carbons (Fsp3) is 0. The molecular formula is C13H6Cl3NOS. The SMILES string of the molecule is O=C(c1cc(Cl)sc1Cl)c1c[nH]c2cc(Cl)ccc12. The maximum atomic E-state index is 12.5. The van der Waals surface area contributed by atoms with Crippen LogP contribution in [0.2, 0.25) is 13.7 Å². The molecule has 0 amide bonds. The zero-order chi connectivity index (χ0) is 13.6. The fourth-order valence-corrected chi connectivity index (χ4v) is 3.56. The summed E-state index contributed by atoms with van der Waals surface area (Å²) in [7, 11) is 0. The first-order valence-electron chi connectivity index (χ1n) is 5.32. The Morgan fingerprint density at radius 2 is 1.89 bits per heavy atom. The predicted octanol–water partition coefficient (Wildman–Crippen LogP) is 5.42. The third-order valence-electron chi connectivity index (χ3n) is 2.79. The number of aromatic amines is 1. The number of ketones is 1. The van der Waals surface area contributed by atoms with E-state index in [1.807, 2.05) is 6.07 Å². The van der Waals surface area contributed by atoms with Crippen LogP contribution < -0.4 is 0 Å². The minimum absolute atomic E-state index is 0.151. The van der Waals surface area contributed by atoms with Crippen LogP contribution in [0.3, 0.4) is 0 Å². The van der Waals surface area contributed by atoms with Gasteiger partial charge < -0.3 is 4.98 Å². The molecule has 0 aliphatic heterocycles. The van der Waals surface area contributed by atoms with Gasteiger partial charge in [-0.15, -0.1) is 11.3 Å². The molecule has 19 heavy (non-hydrogen) atoms. The lowest BCUT2D eigenvalue weighted by Gasteiger charge is -1.98. The molecule has 1 N–H and O–H groups in total. The summed E-state index contributed by atoms with van der Waals surface area (Å²) in [5.74, 6) is -0.151. The van der Waals surface area contributed by atoms with Crippen LogP contribution in [-0.4, -0.2) is 10.8 Å². The van der Waals surface area contributed by atoms with Crippen LogP contribution in [0.5, 0.6) is 0 Å². The van der Waals surface area contributed by atoms with Crippen molar-refractivity contribution in [3.63, 3.8) is 0 Å². The smallest absolute Gasteiger partial charge is 0.197 e. The summed E-state index contributed by atoms with van der Waals surface area (Å²) in [5, 5.41) is 1.43. The molecule has 0 aliphatic carbocycles. The van der Waals surface area contributed by atoms with E-state index < -0.39 is 0 Å². The van der Waals surface area contributed by atoms with Crippen molar-refractivity contribution < 1.29 is 4.79 Å². The highest BCUT2D eigenvalue weighted by molar-refractivity contribution is 7.20. The molecule has 0 atom stereocenters. The van der Waals surface area contributed by atoms with Crippen molar-refractivity contribution in [3.05, 3.63) is 55.3 Å². The lowest BCUT2D eigenvalue weighted by molar-refractivity contribution is 0.104. The van der Waals surface area contributed by atoms with E-state index in [2.05, 4.69) is 4.98 Å². The van der Waals surface area contributed by atoms with E-state index in [0.717, 1.165) is 10.9 Å². The third kappa shape index (κ3) is 2.28. The molecular weight excluding hydrogens is 325 g/mol. The van der Waals surface area contributed by atoms with Crippen LogP contribution in [0.4, 0.5) is 0 Å². The Hall–Kier alpha value is -1.00. The molecule has 3 rings (SSSR count). The minimum Gasteiger partial charge on any atom is -0.360 e. The molecule has 6 heteroatoms. The van der Waals surface area contributed by atoms with Crippen molar-refractivity contribution in [1.82, 2.24) is 4.98 Å². The number of carbonyl (C=O) groups is 1. The standard InChI is InChI=1S/C13H6Cl3NOS/c14-6-1-2-7-9(5-17-10(7)3-6)12(18)8-4-11(15)19-13(8)16/h1-5,17H. The van der Waals surface area contributed by atoms with E-state index >= 15 is 0 Å². The van der Waals surface area contributed by atoms with Crippen LogP contribution in [0.1, 0.15) is 15.9 Å². The first kappa shape index (κ1) is 13.0. The Balaban J connectivity index is 2.14. The second kappa shape index (κ2) is 4.84. The van der Waals surface area contributed by atoms with Gasteiger partial charge in [0.2, 0.25) is 0 Å². The Morgan fingerprint density at radius 3 is 2.58 bits per heavy atom. The van der Waals surface area contributed by atoms with E-state index in [1.54, 1.807) is 24.4 Å². The number of H-pyrrole nitrogens is 1. The second-order valence-corrected chi connectivity index (χ2v) is 6.68. The van der Waals surface area contributed by atoms with Crippen LogP contribution in [0.25, 0.3) is 10.9 Å². The topological polar surface area (TPSA) is 32.9 Å². The van der Waals surface area contributed by atoms with E-state index in [4.69, 9.17) is 34.8 Å². The normalized spacial score (nSPS) is 11.1. The van der Waals surface area contributed by atoms with Gasteiger partial charge in [-0.25, -0.2) is 0 Å². The molecule has 0 saturated heterocycles. The zero-order valence-electron chi connectivity index (χ0n) is 9.34. The monoisotopic (exact) mass is 329 g/mol. The maximum absolute atomic E-state index is 12.5. The number of thiophene rings is 1. The number of hydrogen-bond donors (Lipinski definition) is 1. The van der Waals surface area contributed by atoms with Crippen LogP contribution >= 0.6 is 46.1 Å². The van der Waals surface area contributed by atoms with Crippen molar-refractivity contribution in [3.8, 4) is 0 Å². The van der Waals surface area contributed by atoms with Gasteiger partial charge in [0.05, 0.1) is 9.90 Å². The number of carbonyl (C=O) groups excluding carboxylic acids is 1. The van der Waals surface area contributed by atoms with Crippen LogP contribution in [0.15, 0.2) is 30.5 Å². The molecule has 3 aromatic rings. The summed E-state index contributed by atoms with van der Waals surface area (Å²) in [6.45, 7) is 0. The summed E-state index contributed by atoms with van der Waals surface area (Å²) in [6.07, 6.45) is 1.66. The highest BCUT2D eigenvalue weighted by Gasteiger charge is 2.19. The zero-order valence-corrected chi connectivity index (χ0v) is 12.4. The molecule has 0 aliphatic rings. The van der Waals surface area contributed by atoms with Crippen molar-refractivity contribution in [2.45, 2.75) is 0 Å². The Bertz CT molecular complexity index is 790. The van der Waals surface area contributed by atoms with Crippen molar-refractivity contribution in [2.75, 3.05) is 0 Å². The number of hydrogen-bond acceptors (Lipinski definition) is 2. The molecule has 2 aromatic heterocycles. The van der Waals surface area contributed by atoms with Gasteiger partial charge in [-0.05, 0) is 18.2 Å². The summed E-state index contributed by atoms with van der Waals surface area (Å²) >= 11 is 19.0. The average molecular weight is 331 g/mol. The van der Waals surface area contributed by atoms with E-state index in [1.165, 1.54) is 11.3 Å². The molecule has 0 radical (unpaired) electrons. The number of benzene rings is 1. The molecule has 0 bridgehead atoms. The van der Waals surface area contributed by atoms with E-state index in [-0.39, 0.29) is 5.78 Å².